The van der Waals surface area contributed by atoms with Crippen molar-refractivity contribution >= 4 is 23.2 Å². The van der Waals surface area contributed by atoms with Crippen LogP contribution in [0.1, 0.15) is 34.7 Å². The first-order valence-corrected chi connectivity index (χ1v) is 8.42. The Hall–Kier alpha value is -2.62. The minimum Gasteiger partial charge on any atom is -0.324 e. The lowest BCUT2D eigenvalue weighted by atomic mass is 10.0. The fraction of sp³-hybridized carbons (Fsp3) is 0.333. The molecule has 0 aromatic heterocycles. The molecular weight excluding hydrogens is 312 g/mol. The number of carbonyl (C=O) groups excluding carboxylic acids is 2. The van der Waals surface area contributed by atoms with Crippen LogP contribution in [0.2, 0.25) is 0 Å². The number of para-hydroxylation sites is 1. The van der Waals surface area contributed by atoms with Crippen LogP contribution in [0.15, 0.2) is 30.3 Å². The average molecular weight is 338 g/mol. The molecule has 0 bridgehead atoms. The van der Waals surface area contributed by atoms with Crippen LogP contribution in [0.4, 0.5) is 11.4 Å². The van der Waals surface area contributed by atoms with Crippen molar-refractivity contribution in [3.8, 4) is 0 Å². The number of amides is 2. The zero-order valence-electron chi connectivity index (χ0n) is 15.9. The summed E-state index contributed by atoms with van der Waals surface area (Å²) in [6.07, 6.45) is 0. The first-order valence-electron chi connectivity index (χ1n) is 8.42. The van der Waals surface area contributed by atoms with Gasteiger partial charge < -0.3 is 10.2 Å². The van der Waals surface area contributed by atoms with Crippen molar-refractivity contribution in [2.24, 2.45) is 0 Å². The lowest BCUT2D eigenvalue weighted by Gasteiger charge is -2.25. The number of nitrogens with one attached hydrogen (secondary N) is 1. The van der Waals surface area contributed by atoms with Crippen LogP contribution >= 0.6 is 0 Å². The second-order valence-electron chi connectivity index (χ2n) is 6.67. The highest BCUT2D eigenvalue weighted by molar-refractivity contribution is 6.03. The number of anilines is 2. The van der Waals surface area contributed by atoms with Gasteiger partial charge in [-0.05, 0) is 56.9 Å². The molecule has 0 fully saturated rings. The monoisotopic (exact) mass is 338 g/mol. The van der Waals surface area contributed by atoms with Crippen LogP contribution in [0.25, 0.3) is 0 Å². The molecule has 0 aliphatic carbocycles. The smallest absolute Gasteiger partial charge is 0.244 e. The normalized spacial score (nSPS) is 10.5. The fourth-order valence-electron chi connectivity index (χ4n) is 3.28. The first-order chi connectivity index (χ1) is 11.7. The van der Waals surface area contributed by atoms with Crippen molar-refractivity contribution in [2.45, 2.75) is 41.5 Å². The van der Waals surface area contributed by atoms with Gasteiger partial charge in [0.2, 0.25) is 11.8 Å². The first kappa shape index (κ1) is 18.7. The van der Waals surface area contributed by atoms with E-state index in [0.717, 1.165) is 39.2 Å². The summed E-state index contributed by atoms with van der Waals surface area (Å²) in [6.45, 7) is 11.4. The van der Waals surface area contributed by atoms with Gasteiger partial charge in [0.15, 0.2) is 0 Å². The minimum atomic E-state index is -0.201. The Labute approximate surface area is 149 Å². The molecule has 1 N–H and O–H groups in total. The maximum Gasteiger partial charge on any atom is 0.244 e. The van der Waals surface area contributed by atoms with E-state index in [1.165, 1.54) is 6.92 Å². The van der Waals surface area contributed by atoms with E-state index in [9.17, 15) is 9.59 Å². The van der Waals surface area contributed by atoms with E-state index in [1.54, 1.807) is 4.90 Å². The van der Waals surface area contributed by atoms with Gasteiger partial charge in [0.25, 0.3) is 0 Å². The quantitative estimate of drug-likeness (QED) is 0.907. The van der Waals surface area contributed by atoms with Crippen molar-refractivity contribution in [3.05, 3.63) is 58.1 Å². The Morgan fingerprint density at radius 1 is 0.920 bits per heavy atom. The van der Waals surface area contributed by atoms with Crippen molar-refractivity contribution < 1.29 is 9.59 Å². The molecule has 0 atom stereocenters. The van der Waals surface area contributed by atoms with Gasteiger partial charge in [0.1, 0.15) is 6.54 Å². The lowest BCUT2D eigenvalue weighted by molar-refractivity contribution is -0.120. The molecule has 132 valence electrons. The van der Waals surface area contributed by atoms with Crippen LogP contribution in [-0.2, 0) is 9.59 Å². The fourth-order valence-corrected chi connectivity index (χ4v) is 3.28. The standard InChI is InChI=1S/C21H26N2O2/c1-13-10-16(4)20(17(5)11-13)22-19(25)12-23(18(6)24)21-14(2)8-7-9-15(21)3/h7-11H,12H2,1-6H3,(H,22,25). The summed E-state index contributed by atoms with van der Waals surface area (Å²) >= 11 is 0. The summed E-state index contributed by atoms with van der Waals surface area (Å²) in [5.74, 6) is -0.349. The summed E-state index contributed by atoms with van der Waals surface area (Å²) < 4.78 is 0. The molecule has 2 aromatic rings. The van der Waals surface area contributed by atoms with Gasteiger partial charge in [-0.25, -0.2) is 0 Å². The molecule has 0 aliphatic rings. The molecule has 4 nitrogen and oxygen atoms in total. The van der Waals surface area contributed by atoms with Crippen molar-refractivity contribution in [1.29, 1.82) is 0 Å². The number of carbonyl (C=O) groups is 2. The van der Waals surface area contributed by atoms with E-state index in [-0.39, 0.29) is 18.4 Å². The maximum absolute atomic E-state index is 12.6. The molecule has 0 radical (unpaired) electrons. The van der Waals surface area contributed by atoms with Crippen LogP contribution in [0.3, 0.4) is 0 Å². The molecule has 0 unspecified atom stereocenters. The average Bonchev–Trinajstić information content (AvgIpc) is 2.49. The van der Waals surface area contributed by atoms with Crippen molar-refractivity contribution in [3.63, 3.8) is 0 Å². The third-order valence-corrected chi connectivity index (χ3v) is 4.33. The number of nitrogens with zero attached hydrogens (tertiary/aromatic N) is 1. The molecule has 0 spiro atoms. The van der Waals surface area contributed by atoms with Crippen molar-refractivity contribution in [1.82, 2.24) is 0 Å². The van der Waals surface area contributed by atoms with E-state index < -0.39 is 0 Å². The van der Waals surface area contributed by atoms with Gasteiger partial charge in [0.05, 0.1) is 5.69 Å². The Morgan fingerprint density at radius 2 is 1.44 bits per heavy atom. The summed E-state index contributed by atoms with van der Waals surface area (Å²) in [7, 11) is 0. The molecule has 2 rings (SSSR count). The van der Waals surface area contributed by atoms with Gasteiger partial charge in [-0.15, -0.1) is 0 Å². The summed E-state index contributed by atoms with van der Waals surface area (Å²) in [5, 5.41) is 2.97. The second-order valence-corrected chi connectivity index (χ2v) is 6.67. The van der Waals surface area contributed by atoms with Crippen LogP contribution < -0.4 is 10.2 Å². The number of aryl methyl sites for hydroxylation is 5. The zero-order valence-corrected chi connectivity index (χ0v) is 15.9. The Morgan fingerprint density at radius 3 is 1.92 bits per heavy atom. The zero-order chi connectivity index (χ0) is 18.7. The SMILES string of the molecule is CC(=O)N(CC(=O)Nc1c(C)cc(C)cc1C)c1c(C)cccc1C. The molecule has 2 aromatic carbocycles. The highest BCUT2D eigenvalue weighted by atomic mass is 16.2. The highest BCUT2D eigenvalue weighted by Gasteiger charge is 2.20. The molecule has 4 heteroatoms. The molecule has 0 aliphatic heterocycles. The third kappa shape index (κ3) is 4.27. The van der Waals surface area contributed by atoms with Crippen molar-refractivity contribution in [2.75, 3.05) is 16.8 Å². The van der Waals surface area contributed by atoms with Crippen LogP contribution in [0, 0.1) is 34.6 Å². The predicted octanol–water partition coefficient (Wildman–Crippen LogP) is 4.22. The largest absolute Gasteiger partial charge is 0.324 e. The second kappa shape index (κ2) is 7.51. The minimum absolute atomic E-state index is 0.00617. The summed E-state index contributed by atoms with van der Waals surface area (Å²) in [5.41, 5.74) is 6.79. The Balaban J connectivity index is 2.27. The lowest BCUT2D eigenvalue weighted by Crippen LogP contribution is -2.37. The number of hydrogen-bond acceptors (Lipinski definition) is 2. The number of benzene rings is 2. The van der Waals surface area contributed by atoms with Gasteiger partial charge in [-0.3, -0.25) is 9.59 Å². The topological polar surface area (TPSA) is 49.4 Å². The third-order valence-electron chi connectivity index (χ3n) is 4.33. The molecular formula is C21H26N2O2. The van der Waals surface area contributed by atoms with Gasteiger partial charge >= 0.3 is 0 Å². The molecule has 2 amide bonds. The van der Waals surface area contributed by atoms with E-state index in [4.69, 9.17) is 0 Å². The Bertz CT molecular complexity index is 781. The molecule has 25 heavy (non-hydrogen) atoms. The van der Waals surface area contributed by atoms with Crippen LogP contribution in [0.5, 0.6) is 0 Å². The van der Waals surface area contributed by atoms with Gasteiger partial charge in [0, 0.05) is 12.6 Å². The van der Waals surface area contributed by atoms with Gasteiger partial charge in [-0.2, -0.15) is 0 Å². The highest BCUT2D eigenvalue weighted by Crippen LogP contribution is 2.26. The van der Waals surface area contributed by atoms with Gasteiger partial charge in [-0.1, -0.05) is 35.9 Å². The molecule has 0 saturated heterocycles. The summed E-state index contributed by atoms with van der Waals surface area (Å²) in [4.78, 5) is 26.3. The van der Waals surface area contributed by atoms with Crippen LogP contribution in [-0.4, -0.2) is 18.4 Å². The number of rotatable bonds is 4. The van der Waals surface area contributed by atoms with E-state index in [1.807, 2.05) is 65.0 Å². The predicted molar refractivity (Wildman–Crippen MR) is 103 cm³/mol. The Kier molecular flexibility index (Phi) is 5.62. The van der Waals surface area contributed by atoms with E-state index in [2.05, 4.69) is 5.32 Å². The molecule has 0 saturated carbocycles. The number of hydrogen-bond donors (Lipinski definition) is 1. The van der Waals surface area contributed by atoms with E-state index >= 15 is 0 Å². The maximum atomic E-state index is 12.6. The van der Waals surface area contributed by atoms with E-state index in [0.29, 0.717) is 0 Å². The molecule has 0 heterocycles. The summed E-state index contributed by atoms with van der Waals surface area (Å²) in [6, 6.07) is 9.92.